The van der Waals surface area contributed by atoms with E-state index in [2.05, 4.69) is 21.8 Å². The van der Waals surface area contributed by atoms with E-state index < -0.39 is 0 Å². The van der Waals surface area contributed by atoms with Crippen LogP contribution in [-0.2, 0) is 0 Å². The van der Waals surface area contributed by atoms with Crippen LogP contribution in [0, 0.1) is 24.7 Å². The van der Waals surface area contributed by atoms with E-state index in [1.807, 2.05) is 50.4 Å². The van der Waals surface area contributed by atoms with Crippen LogP contribution in [0.15, 0.2) is 36.5 Å². The zero-order valence-corrected chi connectivity index (χ0v) is 9.41. The largest absolute Gasteiger partial charge is 0.348 e. The van der Waals surface area contributed by atoms with Gasteiger partial charge in [-0.1, -0.05) is 36.3 Å². The highest BCUT2D eigenvalue weighted by Crippen LogP contribution is 2.20. The fourth-order valence-electron chi connectivity index (χ4n) is 1.56. The number of nitrogens with one attached hydrogen (secondary N) is 1. The smallest absolute Gasteiger partial charge is 0.126 e. The lowest BCUT2D eigenvalue weighted by molar-refractivity contribution is 1.12. The van der Waals surface area contributed by atoms with E-state index in [1.54, 1.807) is 0 Å². The van der Waals surface area contributed by atoms with Crippen molar-refractivity contribution in [2.24, 2.45) is 0 Å². The SMILES string of the molecule is CC#C[C](c1ccccc1)c1c[nH]c(C)n1. The number of rotatable bonds is 2. The van der Waals surface area contributed by atoms with E-state index in [1.165, 1.54) is 0 Å². The van der Waals surface area contributed by atoms with E-state index in [9.17, 15) is 0 Å². The third-order valence-corrected chi connectivity index (χ3v) is 2.27. The van der Waals surface area contributed by atoms with E-state index in [0.717, 1.165) is 23.0 Å². The van der Waals surface area contributed by atoms with Crippen molar-refractivity contribution in [2.45, 2.75) is 13.8 Å². The predicted molar refractivity (Wildman–Crippen MR) is 64.7 cm³/mol. The standard InChI is InChI=1S/C14H13N2/c1-3-7-13(12-8-5-4-6-9-12)14-10-15-11(2)16-14/h4-6,8-10H,1-2H3,(H,15,16). The Hall–Kier alpha value is -2.01. The Morgan fingerprint density at radius 1 is 1.25 bits per heavy atom. The maximum atomic E-state index is 4.41. The zero-order valence-electron chi connectivity index (χ0n) is 9.41. The fraction of sp³-hybridized carbons (Fsp3) is 0.143. The van der Waals surface area contributed by atoms with Crippen LogP contribution >= 0.6 is 0 Å². The number of aryl methyl sites for hydroxylation is 1. The van der Waals surface area contributed by atoms with Crippen molar-refractivity contribution in [3.63, 3.8) is 0 Å². The van der Waals surface area contributed by atoms with Crippen molar-refractivity contribution in [1.82, 2.24) is 9.97 Å². The van der Waals surface area contributed by atoms with E-state index in [-0.39, 0.29) is 0 Å². The number of imidazole rings is 1. The third-order valence-electron chi connectivity index (χ3n) is 2.27. The van der Waals surface area contributed by atoms with Crippen LogP contribution in [0.2, 0.25) is 0 Å². The average molecular weight is 209 g/mol. The lowest BCUT2D eigenvalue weighted by Crippen LogP contribution is -1.99. The molecule has 0 spiro atoms. The van der Waals surface area contributed by atoms with Crippen molar-refractivity contribution in [1.29, 1.82) is 0 Å². The Morgan fingerprint density at radius 3 is 2.56 bits per heavy atom. The first-order valence-electron chi connectivity index (χ1n) is 5.19. The summed E-state index contributed by atoms with van der Waals surface area (Å²) in [6, 6.07) is 10.1. The Labute approximate surface area is 95.7 Å². The lowest BCUT2D eigenvalue weighted by Gasteiger charge is -2.06. The number of benzene rings is 1. The molecule has 16 heavy (non-hydrogen) atoms. The number of hydrogen-bond donors (Lipinski definition) is 1. The topological polar surface area (TPSA) is 28.7 Å². The molecule has 0 aliphatic heterocycles. The fourth-order valence-corrected chi connectivity index (χ4v) is 1.56. The normalized spacial score (nSPS) is 9.94. The first-order chi connectivity index (χ1) is 7.81. The van der Waals surface area contributed by atoms with Gasteiger partial charge in [0.15, 0.2) is 0 Å². The molecular weight excluding hydrogens is 196 g/mol. The molecule has 0 bridgehead atoms. The molecule has 2 rings (SSSR count). The summed E-state index contributed by atoms with van der Waals surface area (Å²) in [5.41, 5.74) is 2.00. The van der Waals surface area contributed by atoms with Gasteiger partial charge in [0, 0.05) is 6.20 Å². The Morgan fingerprint density at radius 2 is 2.00 bits per heavy atom. The summed E-state index contributed by atoms with van der Waals surface area (Å²) in [6.45, 7) is 3.77. The van der Waals surface area contributed by atoms with Gasteiger partial charge in [0.05, 0.1) is 5.69 Å². The van der Waals surface area contributed by atoms with Gasteiger partial charge in [-0.05, 0) is 19.4 Å². The monoisotopic (exact) mass is 209 g/mol. The second-order valence-corrected chi connectivity index (χ2v) is 3.49. The number of nitrogens with zero attached hydrogens (tertiary/aromatic N) is 1. The third kappa shape index (κ3) is 2.14. The van der Waals surface area contributed by atoms with Crippen molar-refractivity contribution in [2.75, 3.05) is 0 Å². The van der Waals surface area contributed by atoms with Crippen LogP contribution < -0.4 is 0 Å². The molecule has 2 heteroatoms. The van der Waals surface area contributed by atoms with Gasteiger partial charge in [0.2, 0.25) is 0 Å². The minimum absolute atomic E-state index is 0.901. The molecular formula is C14H13N2. The molecule has 0 saturated carbocycles. The second kappa shape index (κ2) is 4.67. The number of aromatic nitrogens is 2. The minimum atomic E-state index is 0.901. The molecule has 0 aliphatic carbocycles. The quantitative estimate of drug-likeness (QED) is 0.757. The van der Waals surface area contributed by atoms with Gasteiger partial charge in [-0.15, -0.1) is 5.92 Å². The van der Waals surface area contributed by atoms with Crippen molar-refractivity contribution < 1.29 is 0 Å². The minimum Gasteiger partial charge on any atom is -0.348 e. The Kier molecular flexibility index (Phi) is 3.07. The molecule has 1 heterocycles. The highest BCUT2D eigenvalue weighted by molar-refractivity contribution is 5.52. The molecule has 0 amide bonds. The van der Waals surface area contributed by atoms with Gasteiger partial charge in [-0.25, -0.2) is 4.98 Å². The molecule has 1 aromatic carbocycles. The van der Waals surface area contributed by atoms with Gasteiger partial charge in [-0.2, -0.15) is 0 Å². The molecule has 0 aliphatic rings. The van der Waals surface area contributed by atoms with Gasteiger partial charge < -0.3 is 4.98 Å². The van der Waals surface area contributed by atoms with Crippen molar-refractivity contribution >= 4 is 0 Å². The van der Waals surface area contributed by atoms with E-state index >= 15 is 0 Å². The molecule has 0 fully saturated rings. The van der Waals surface area contributed by atoms with Crippen LogP contribution in [0.1, 0.15) is 24.0 Å². The van der Waals surface area contributed by atoms with Crippen LogP contribution in [-0.4, -0.2) is 9.97 Å². The van der Waals surface area contributed by atoms with Crippen LogP contribution in [0.5, 0.6) is 0 Å². The predicted octanol–water partition coefficient (Wildman–Crippen LogP) is 2.71. The van der Waals surface area contributed by atoms with Crippen LogP contribution in [0.3, 0.4) is 0 Å². The Bertz CT molecular complexity index is 514. The first-order valence-corrected chi connectivity index (χ1v) is 5.19. The van der Waals surface area contributed by atoms with Gasteiger partial charge in [0.25, 0.3) is 0 Å². The van der Waals surface area contributed by atoms with Crippen molar-refractivity contribution in [3.8, 4) is 11.8 Å². The highest BCUT2D eigenvalue weighted by atomic mass is 14.9. The maximum absolute atomic E-state index is 4.41. The highest BCUT2D eigenvalue weighted by Gasteiger charge is 2.14. The molecule has 1 aromatic heterocycles. The number of hydrogen-bond acceptors (Lipinski definition) is 1. The summed E-state index contributed by atoms with van der Waals surface area (Å²) in [7, 11) is 0. The average Bonchev–Trinajstić information content (AvgIpc) is 2.74. The molecule has 0 unspecified atom stereocenters. The summed E-state index contributed by atoms with van der Waals surface area (Å²) in [4.78, 5) is 7.49. The van der Waals surface area contributed by atoms with Gasteiger partial charge in [0.1, 0.15) is 11.7 Å². The summed E-state index contributed by atoms with van der Waals surface area (Å²) >= 11 is 0. The molecule has 0 saturated heterocycles. The number of aromatic amines is 1. The maximum Gasteiger partial charge on any atom is 0.126 e. The Balaban J connectivity index is 2.41. The molecule has 2 nitrogen and oxygen atoms in total. The molecule has 1 N–H and O–H groups in total. The lowest BCUT2D eigenvalue weighted by atomic mass is 9.97. The first kappa shape index (κ1) is 10.5. The van der Waals surface area contributed by atoms with E-state index in [4.69, 9.17) is 0 Å². The molecule has 1 radical (unpaired) electrons. The van der Waals surface area contributed by atoms with Gasteiger partial charge in [-0.3, -0.25) is 0 Å². The molecule has 2 aromatic rings. The number of H-pyrrole nitrogens is 1. The molecule has 0 atom stereocenters. The van der Waals surface area contributed by atoms with Crippen molar-refractivity contribution in [3.05, 3.63) is 59.5 Å². The molecule has 79 valence electrons. The summed E-state index contributed by atoms with van der Waals surface area (Å²) in [6.07, 6.45) is 1.89. The second-order valence-electron chi connectivity index (χ2n) is 3.49. The summed E-state index contributed by atoms with van der Waals surface area (Å²) < 4.78 is 0. The van der Waals surface area contributed by atoms with Crippen LogP contribution in [0.25, 0.3) is 0 Å². The van der Waals surface area contributed by atoms with Crippen LogP contribution in [0.4, 0.5) is 0 Å². The summed E-state index contributed by atoms with van der Waals surface area (Å²) in [5, 5.41) is 0. The van der Waals surface area contributed by atoms with Gasteiger partial charge >= 0.3 is 0 Å². The zero-order chi connectivity index (χ0) is 11.4. The van der Waals surface area contributed by atoms with E-state index in [0.29, 0.717) is 0 Å². The summed E-state index contributed by atoms with van der Waals surface area (Å²) in [5.74, 6) is 7.92.